The maximum absolute atomic E-state index is 11.6. The van der Waals surface area contributed by atoms with E-state index in [0.717, 1.165) is 12.8 Å². The summed E-state index contributed by atoms with van der Waals surface area (Å²) in [5, 5.41) is 2.81. The Kier molecular flexibility index (Phi) is 2.40. The van der Waals surface area contributed by atoms with Crippen LogP contribution in [0.25, 0.3) is 0 Å². The van der Waals surface area contributed by atoms with Gasteiger partial charge < -0.3 is 14.5 Å². The predicted octanol–water partition coefficient (Wildman–Crippen LogP) is 2.19. The first-order chi connectivity index (χ1) is 7.41. The maximum atomic E-state index is 11.6. The molecule has 1 saturated carbocycles. The van der Waals surface area contributed by atoms with Gasteiger partial charge in [0.1, 0.15) is 17.4 Å². The van der Waals surface area contributed by atoms with E-state index < -0.39 is 17.2 Å². The molecule has 5 nitrogen and oxygen atoms in total. The lowest BCUT2D eigenvalue weighted by Gasteiger charge is -2.22. The fourth-order valence-electron chi connectivity index (χ4n) is 1.48. The molecule has 1 heterocycles. The molecule has 1 N–H and O–H groups in total. The number of alkyl carbamates (subject to hydrolysis) is 1. The second-order valence-corrected chi connectivity index (χ2v) is 5.05. The summed E-state index contributed by atoms with van der Waals surface area (Å²) >= 11 is 0. The summed E-state index contributed by atoms with van der Waals surface area (Å²) in [5.74, 6) is 0.554. The van der Waals surface area contributed by atoms with E-state index in [1.54, 1.807) is 6.20 Å². The average Bonchev–Trinajstić information content (AvgIpc) is 2.71. The quantitative estimate of drug-likeness (QED) is 0.836. The van der Waals surface area contributed by atoms with Crippen molar-refractivity contribution in [2.75, 3.05) is 0 Å². The number of carbonyl (C=O) groups is 1. The second-order valence-electron chi connectivity index (χ2n) is 5.05. The molecule has 1 fully saturated rings. The van der Waals surface area contributed by atoms with Gasteiger partial charge in [0.2, 0.25) is 5.89 Å². The molecular formula is C11H16N2O3. The molecule has 0 radical (unpaired) electrons. The van der Waals surface area contributed by atoms with Gasteiger partial charge in [-0.2, -0.15) is 0 Å². The van der Waals surface area contributed by atoms with Crippen LogP contribution in [0.4, 0.5) is 4.79 Å². The van der Waals surface area contributed by atoms with Crippen molar-refractivity contribution in [3.63, 3.8) is 0 Å². The first-order valence-electron chi connectivity index (χ1n) is 5.32. The van der Waals surface area contributed by atoms with E-state index in [1.807, 2.05) is 20.8 Å². The molecular weight excluding hydrogens is 208 g/mol. The predicted molar refractivity (Wildman–Crippen MR) is 56.8 cm³/mol. The van der Waals surface area contributed by atoms with Crippen LogP contribution in [0.1, 0.15) is 39.5 Å². The van der Waals surface area contributed by atoms with E-state index in [4.69, 9.17) is 9.15 Å². The number of amides is 1. The summed E-state index contributed by atoms with van der Waals surface area (Å²) in [5.41, 5.74) is -0.928. The van der Waals surface area contributed by atoms with Crippen LogP contribution in [-0.2, 0) is 10.3 Å². The number of nitrogens with zero attached hydrogens (tertiary/aromatic N) is 1. The van der Waals surface area contributed by atoms with Crippen LogP contribution in [-0.4, -0.2) is 16.7 Å². The van der Waals surface area contributed by atoms with Crippen LogP contribution < -0.4 is 5.32 Å². The van der Waals surface area contributed by atoms with E-state index in [-0.39, 0.29) is 0 Å². The van der Waals surface area contributed by atoms with Gasteiger partial charge in [0, 0.05) is 0 Å². The highest BCUT2D eigenvalue weighted by atomic mass is 16.6. The Morgan fingerprint density at radius 3 is 2.69 bits per heavy atom. The minimum atomic E-state index is -0.489. The van der Waals surface area contributed by atoms with Gasteiger partial charge in [-0.05, 0) is 33.6 Å². The van der Waals surface area contributed by atoms with Crippen LogP contribution in [0, 0.1) is 0 Å². The van der Waals surface area contributed by atoms with Gasteiger partial charge in [0.05, 0.1) is 6.20 Å². The third-order valence-corrected chi connectivity index (χ3v) is 2.33. The third-order valence-electron chi connectivity index (χ3n) is 2.33. The minimum Gasteiger partial charge on any atom is -0.446 e. The Hall–Kier alpha value is -1.52. The summed E-state index contributed by atoms with van der Waals surface area (Å²) in [7, 11) is 0. The highest BCUT2D eigenvalue weighted by Crippen LogP contribution is 2.44. The van der Waals surface area contributed by atoms with Gasteiger partial charge in [-0.1, -0.05) is 0 Å². The van der Waals surface area contributed by atoms with Crippen LogP contribution in [0.3, 0.4) is 0 Å². The lowest BCUT2D eigenvalue weighted by molar-refractivity contribution is 0.0485. The Bertz CT molecular complexity index is 374. The van der Waals surface area contributed by atoms with E-state index >= 15 is 0 Å². The van der Waals surface area contributed by atoms with Crippen molar-refractivity contribution in [3.05, 3.63) is 18.4 Å². The molecule has 0 bridgehead atoms. The van der Waals surface area contributed by atoms with Crippen LogP contribution in [0.15, 0.2) is 16.9 Å². The summed E-state index contributed by atoms with van der Waals surface area (Å²) in [6.07, 6.45) is 4.33. The van der Waals surface area contributed by atoms with Gasteiger partial charge in [-0.25, -0.2) is 9.78 Å². The fraction of sp³-hybridized carbons (Fsp3) is 0.636. The zero-order chi connectivity index (χ0) is 11.8. The summed E-state index contributed by atoms with van der Waals surface area (Å²) in [6.45, 7) is 5.49. The second kappa shape index (κ2) is 3.50. The van der Waals surface area contributed by atoms with Gasteiger partial charge in [0.15, 0.2) is 0 Å². The largest absolute Gasteiger partial charge is 0.446 e. The van der Waals surface area contributed by atoms with Crippen LogP contribution in [0.5, 0.6) is 0 Å². The molecule has 1 aliphatic carbocycles. The Balaban J connectivity index is 1.98. The number of nitrogens with one attached hydrogen (secondary N) is 1. The molecule has 1 aliphatic rings. The Labute approximate surface area is 94.2 Å². The zero-order valence-electron chi connectivity index (χ0n) is 9.74. The maximum Gasteiger partial charge on any atom is 0.408 e. The number of rotatable bonds is 2. The van der Waals surface area contributed by atoms with Gasteiger partial charge in [-0.15, -0.1) is 0 Å². The van der Waals surface area contributed by atoms with E-state index in [2.05, 4.69) is 10.3 Å². The zero-order valence-corrected chi connectivity index (χ0v) is 9.74. The molecule has 0 unspecified atom stereocenters. The molecule has 0 aliphatic heterocycles. The molecule has 88 valence electrons. The van der Waals surface area contributed by atoms with Gasteiger partial charge in [0.25, 0.3) is 0 Å². The van der Waals surface area contributed by atoms with Crippen molar-refractivity contribution in [2.24, 2.45) is 0 Å². The van der Waals surface area contributed by atoms with Crippen molar-refractivity contribution < 1.29 is 13.9 Å². The number of hydrogen-bond donors (Lipinski definition) is 1. The van der Waals surface area contributed by atoms with Gasteiger partial charge in [-0.3, -0.25) is 0 Å². The highest BCUT2D eigenvalue weighted by molar-refractivity contribution is 5.69. The normalized spacial score (nSPS) is 17.9. The van der Waals surface area contributed by atoms with E-state index in [1.165, 1.54) is 6.26 Å². The fourth-order valence-corrected chi connectivity index (χ4v) is 1.48. The smallest absolute Gasteiger partial charge is 0.408 e. The van der Waals surface area contributed by atoms with Crippen molar-refractivity contribution in [3.8, 4) is 0 Å². The molecule has 2 rings (SSSR count). The number of aromatic nitrogens is 1. The number of carbonyl (C=O) groups excluding carboxylic acids is 1. The Morgan fingerprint density at radius 2 is 2.25 bits per heavy atom. The summed E-state index contributed by atoms with van der Waals surface area (Å²) in [4.78, 5) is 15.7. The average molecular weight is 224 g/mol. The van der Waals surface area contributed by atoms with Crippen LogP contribution in [0.2, 0.25) is 0 Å². The lowest BCUT2D eigenvalue weighted by atomic mass is 10.2. The number of ether oxygens (including phenoxy) is 1. The monoisotopic (exact) mass is 224 g/mol. The summed E-state index contributed by atoms with van der Waals surface area (Å²) < 4.78 is 10.4. The van der Waals surface area contributed by atoms with Crippen molar-refractivity contribution in [1.82, 2.24) is 10.3 Å². The standard InChI is InChI=1S/C11H16N2O3/c1-10(2,3)16-9(14)13-11(4-5-11)8-12-6-7-15-8/h6-7H,4-5H2,1-3H3,(H,13,14). The lowest BCUT2D eigenvalue weighted by Crippen LogP contribution is -2.39. The molecule has 1 aromatic rings. The SMILES string of the molecule is CC(C)(C)OC(=O)NC1(c2ncco2)CC1. The molecule has 16 heavy (non-hydrogen) atoms. The molecule has 0 saturated heterocycles. The van der Waals surface area contributed by atoms with Crippen molar-refractivity contribution in [2.45, 2.75) is 44.8 Å². The van der Waals surface area contributed by atoms with Crippen LogP contribution >= 0.6 is 0 Å². The molecule has 0 aromatic carbocycles. The number of hydrogen-bond acceptors (Lipinski definition) is 4. The Morgan fingerprint density at radius 1 is 1.56 bits per heavy atom. The minimum absolute atomic E-state index is 0.428. The third kappa shape index (κ3) is 2.35. The van der Waals surface area contributed by atoms with Gasteiger partial charge >= 0.3 is 6.09 Å². The topological polar surface area (TPSA) is 64.4 Å². The van der Waals surface area contributed by atoms with E-state index in [9.17, 15) is 4.79 Å². The van der Waals surface area contributed by atoms with E-state index in [0.29, 0.717) is 5.89 Å². The first kappa shape index (κ1) is 11.0. The van der Waals surface area contributed by atoms with Crippen molar-refractivity contribution >= 4 is 6.09 Å². The first-order valence-corrected chi connectivity index (χ1v) is 5.32. The molecule has 1 amide bonds. The molecule has 1 aromatic heterocycles. The number of oxazole rings is 1. The summed E-state index contributed by atoms with van der Waals surface area (Å²) in [6, 6.07) is 0. The highest BCUT2D eigenvalue weighted by Gasteiger charge is 2.50. The molecule has 5 heteroatoms. The molecule has 0 atom stereocenters. The molecule has 0 spiro atoms. The van der Waals surface area contributed by atoms with Crippen molar-refractivity contribution in [1.29, 1.82) is 0 Å².